The van der Waals surface area contributed by atoms with Gasteiger partial charge in [0.05, 0.1) is 11.7 Å². The van der Waals surface area contributed by atoms with Gasteiger partial charge in [0.25, 0.3) is 0 Å². The molecule has 4 nitrogen and oxygen atoms in total. The van der Waals surface area contributed by atoms with Crippen LogP contribution in [0.15, 0.2) is 30.5 Å². The third-order valence-electron chi connectivity index (χ3n) is 3.70. The minimum absolute atomic E-state index is 0.0984. The number of nitrogens with two attached hydrogens (primary N) is 1. The molecule has 0 bridgehead atoms. The minimum atomic E-state index is -0.0984. The van der Waals surface area contributed by atoms with Crippen molar-refractivity contribution in [2.75, 3.05) is 11.9 Å². The molecule has 1 aromatic carbocycles. The SMILES string of the molecule is CCC(CC)(CN)Nc1nncc2ccccc12. The van der Waals surface area contributed by atoms with Gasteiger partial charge >= 0.3 is 0 Å². The Balaban J connectivity index is 2.42. The van der Waals surface area contributed by atoms with E-state index in [4.69, 9.17) is 5.73 Å². The lowest BCUT2D eigenvalue weighted by Crippen LogP contribution is -2.44. The molecule has 0 saturated carbocycles. The Kier molecular flexibility index (Phi) is 3.77. The van der Waals surface area contributed by atoms with Gasteiger partial charge < -0.3 is 11.1 Å². The van der Waals surface area contributed by atoms with E-state index in [9.17, 15) is 0 Å². The molecule has 3 N–H and O–H groups in total. The van der Waals surface area contributed by atoms with E-state index in [2.05, 4.69) is 35.4 Å². The van der Waals surface area contributed by atoms with Crippen LogP contribution in [-0.2, 0) is 0 Å². The predicted molar refractivity (Wildman–Crippen MR) is 75.5 cm³/mol. The maximum Gasteiger partial charge on any atom is 0.157 e. The number of rotatable bonds is 5. The summed E-state index contributed by atoms with van der Waals surface area (Å²) in [6, 6.07) is 8.11. The molecule has 1 heterocycles. The number of nitrogens with zero attached hydrogens (tertiary/aromatic N) is 2. The first-order valence-electron chi connectivity index (χ1n) is 6.43. The summed E-state index contributed by atoms with van der Waals surface area (Å²) < 4.78 is 0. The van der Waals surface area contributed by atoms with Gasteiger partial charge in [-0.25, -0.2) is 0 Å². The maximum absolute atomic E-state index is 5.91. The van der Waals surface area contributed by atoms with Crippen LogP contribution in [0.2, 0.25) is 0 Å². The van der Waals surface area contributed by atoms with E-state index >= 15 is 0 Å². The van der Waals surface area contributed by atoms with Crippen LogP contribution in [0.25, 0.3) is 10.8 Å². The quantitative estimate of drug-likeness (QED) is 0.848. The molecule has 0 aliphatic carbocycles. The summed E-state index contributed by atoms with van der Waals surface area (Å²) in [5, 5.41) is 13.9. The second kappa shape index (κ2) is 5.31. The summed E-state index contributed by atoms with van der Waals surface area (Å²) in [5.41, 5.74) is 5.81. The van der Waals surface area contributed by atoms with Gasteiger partial charge in [0.2, 0.25) is 0 Å². The van der Waals surface area contributed by atoms with Crippen molar-refractivity contribution < 1.29 is 0 Å². The van der Waals surface area contributed by atoms with Gasteiger partial charge in [-0.1, -0.05) is 38.1 Å². The van der Waals surface area contributed by atoms with E-state index < -0.39 is 0 Å². The Hall–Kier alpha value is -1.68. The molecule has 1 aromatic heterocycles. The molecule has 0 aliphatic rings. The molecular formula is C14H20N4. The fourth-order valence-electron chi connectivity index (χ4n) is 2.14. The van der Waals surface area contributed by atoms with Gasteiger partial charge in [-0.15, -0.1) is 5.10 Å². The molecule has 0 fully saturated rings. The first kappa shape index (κ1) is 12.8. The van der Waals surface area contributed by atoms with E-state index in [-0.39, 0.29) is 5.54 Å². The molecule has 4 heteroatoms. The van der Waals surface area contributed by atoms with Crippen LogP contribution >= 0.6 is 0 Å². The van der Waals surface area contributed by atoms with Crippen molar-refractivity contribution in [1.82, 2.24) is 10.2 Å². The van der Waals surface area contributed by atoms with Gasteiger partial charge in [0, 0.05) is 17.3 Å². The van der Waals surface area contributed by atoms with Crippen LogP contribution in [-0.4, -0.2) is 22.3 Å². The zero-order valence-electron chi connectivity index (χ0n) is 11.0. The number of hydrogen-bond acceptors (Lipinski definition) is 4. The van der Waals surface area contributed by atoms with Gasteiger partial charge in [-0.05, 0) is 12.8 Å². The lowest BCUT2D eigenvalue weighted by Gasteiger charge is -2.32. The topological polar surface area (TPSA) is 63.8 Å². The Labute approximate surface area is 108 Å². The highest BCUT2D eigenvalue weighted by Crippen LogP contribution is 2.25. The van der Waals surface area contributed by atoms with E-state index in [1.54, 1.807) is 6.20 Å². The number of anilines is 1. The van der Waals surface area contributed by atoms with Crippen LogP contribution in [0.3, 0.4) is 0 Å². The van der Waals surface area contributed by atoms with Crippen molar-refractivity contribution in [3.63, 3.8) is 0 Å². The molecule has 0 unspecified atom stereocenters. The van der Waals surface area contributed by atoms with Gasteiger partial charge in [0.15, 0.2) is 5.82 Å². The fraction of sp³-hybridized carbons (Fsp3) is 0.429. The minimum Gasteiger partial charge on any atom is -0.361 e. The molecule has 2 aromatic rings. The van der Waals surface area contributed by atoms with Crippen molar-refractivity contribution >= 4 is 16.6 Å². The number of hydrogen-bond donors (Lipinski definition) is 2. The average Bonchev–Trinajstić information content (AvgIpc) is 2.45. The second-order valence-electron chi connectivity index (χ2n) is 4.60. The predicted octanol–water partition coefficient (Wildman–Crippen LogP) is 2.56. The molecule has 2 rings (SSSR count). The zero-order valence-corrected chi connectivity index (χ0v) is 11.0. The Morgan fingerprint density at radius 3 is 2.61 bits per heavy atom. The lowest BCUT2D eigenvalue weighted by atomic mass is 9.93. The van der Waals surface area contributed by atoms with E-state index in [1.807, 2.05) is 18.2 Å². The highest BCUT2D eigenvalue weighted by Gasteiger charge is 2.25. The molecule has 0 aliphatic heterocycles. The van der Waals surface area contributed by atoms with Gasteiger partial charge in [0.1, 0.15) is 0 Å². The zero-order chi connectivity index (χ0) is 13.0. The average molecular weight is 244 g/mol. The molecule has 0 atom stereocenters. The Bertz CT molecular complexity index is 506. The first-order valence-corrected chi connectivity index (χ1v) is 6.43. The second-order valence-corrected chi connectivity index (χ2v) is 4.60. The van der Waals surface area contributed by atoms with Crippen molar-refractivity contribution in [2.45, 2.75) is 32.2 Å². The summed E-state index contributed by atoms with van der Waals surface area (Å²) in [6.07, 6.45) is 3.71. The normalized spacial score (nSPS) is 11.7. The largest absolute Gasteiger partial charge is 0.361 e. The van der Waals surface area contributed by atoms with Crippen LogP contribution in [0.1, 0.15) is 26.7 Å². The van der Waals surface area contributed by atoms with E-state index in [0.29, 0.717) is 6.54 Å². The molecule has 0 saturated heterocycles. The highest BCUT2D eigenvalue weighted by molar-refractivity contribution is 5.91. The number of benzene rings is 1. The van der Waals surface area contributed by atoms with Crippen molar-refractivity contribution in [3.05, 3.63) is 30.5 Å². The summed E-state index contributed by atoms with van der Waals surface area (Å²) >= 11 is 0. The maximum atomic E-state index is 5.91. The van der Waals surface area contributed by atoms with Crippen molar-refractivity contribution in [1.29, 1.82) is 0 Å². The summed E-state index contributed by atoms with van der Waals surface area (Å²) in [5.74, 6) is 0.822. The fourth-order valence-corrected chi connectivity index (χ4v) is 2.14. The summed E-state index contributed by atoms with van der Waals surface area (Å²) in [6.45, 7) is 4.87. The summed E-state index contributed by atoms with van der Waals surface area (Å²) in [4.78, 5) is 0. The molecule has 96 valence electrons. The molecule has 0 radical (unpaired) electrons. The van der Waals surface area contributed by atoms with Crippen molar-refractivity contribution in [3.8, 4) is 0 Å². The monoisotopic (exact) mass is 244 g/mol. The number of fused-ring (bicyclic) bond motifs is 1. The number of aromatic nitrogens is 2. The standard InChI is InChI=1S/C14H20N4/c1-3-14(4-2,10-15)17-13-12-8-6-5-7-11(12)9-16-18-13/h5-9H,3-4,10,15H2,1-2H3,(H,17,18). The Morgan fingerprint density at radius 2 is 1.94 bits per heavy atom. The van der Waals surface area contributed by atoms with Crippen molar-refractivity contribution in [2.24, 2.45) is 5.73 Å². The third kappa shape index (κ3) is 2.29. The highest BCUT2D eigenvalue weighted by atomic mass is 15.2. The smallest absolute Gasteiger partial charge is 0.157 e. The van der Waals surface area contributed by atoms with Crippen LogP contribution < -0.4 is 11.1 Å². The first-order chi connectivity index (χ1) is 8.74. The molecule has 0 spiro atoms. The lowest BCUT2D eigenvalue weighted by molar-refractivity contribution is 0.444. The van der Waals surface area contributed by atoms with E-state index in [0.717, 1.165) is 29.4 Å². The van der Waals surface area contributed by atoms with E-state index in [1.165, 1.54) is 0 Å². The van der Waals surface area contributed by atoms with Gasteiger partial charge in [-0.3, -0.25) is 0 Å². The van der Waals surface area contributed by atoms with Gasteiger partial charge in [-0.2, -0.15) is 5.10 Å². The molecular weight excluding hydrogens is 224 g/mol. The third-order valence-corrected chi connectivity index (χ3v) is 3.70. The summed E-state index contributed by atoms with van der Waals surface area (Å²) in [7, 11) is 0. The molecule has 18 heavy (non-hydrogen) atoms. The molecule has 0 amide bonds. The van der Waals surface area contributed by atoms with Crippen LogP contribution in [0.4, 0.5) is 5.82 Å². The Morgan fingerprint density at radius 1 is 1.22 bits per heavy atom. The number of nitrogens with one attached hydrogen (secondary N) is 1. The van der Waals surface area contributed by atoms with Crippen LogP contribution in [0.5, 0.6) is 0 Å². The van der Waals surface area contributed by atoms with Crippen LogP contribution in [0, 0.1) is 0 Å².